The van der Waals surface area contributed by atoms with Gasteiger partial charge in [0.2, 0.25) is 16.8 Å². The van der Waals surface area contributed by atoms with Crippen LogP contribution in [-0.4, -0.2) is 20.5 Å². The third kappa shape index (κ3) is 4.11. The zero-order valence-corrected chi connectivity index (χ0v) is 17.5. The number of nitrogens with one attached hydrogen (secondary N) is 1. The second kappa shape index (κ2) is 8.53. The zero-order valence-electron chi connectivity index (χ0n) is 16.7. The first kappa shape index (κ1) is 19.2. The Morgan fingerprint density at radius 1 is 0.871 bits per heavy atom. The van der Waals surface area contributed by atoms with Crippen molar-refractivity contribution < 1.29 is 4.79 Å². The third-order valence-electron chi connectivity index (χ3n) is 5.20. The number of hydrogen-bond acceptors (Lipinski definition) is 4. The van der Waals surface area contributed by atoms with E-state index in [0.717, 1.165) is 27.3 Å². The van der Waals surface area contributed by atoms with Gasteiger partial charge in [-0.2, -0.15) is 4.98 Å². The lowest BCUT2D eigenvalue weighted by atomic mass is 9.88. The highest BCUT2D eigenvalue weighted by molar-refractivity contribution is 7.15. The highest BCUT2D eigenvalue weighted by atomic mass is 32.1. The average Bonchev–Trinajstić information content (AvgIpc) is 3.39. The van der Waals surface area contributed by atoms with E-state index in [-0.39, 0.29) is 11.8 Å². The standard InChI is InChI=1S/C25H20N4OS/c30-23(16-21(18-10-4-1-5-11-18)19-12-6-2-7-13-19)26-24-27-25-29(28-24)22(17-31-25)20-14-8-3-9-15-20/h1-15,17,21H,16H2,(H,26,28,30). The Labute approximate surface area is 184 Å². The van der Waals surface area contributed by atoms with Crippen LogP contribution in [0.1, 0.15) is 23.5 Å². The fourth-order valence-corrected chi connectivity index (χ4v) is 4.53. The van der Waals surface area contributed by atoms with Crippen molar-refractivity contribution >= 4 is 28.2 Å². The molecule has 0 unspecified atom stereocenters. The molecule has 1 N–H and O–H groups in total. The van der Waals surface area contributed by atoms with E-state index in [1.54, 1.807) is 4.52 Å². The van der Waals surface area contributed by atoms with Gasteiger partial charge in [-0.1, -0.05) is 91.0 Å². The molecule has 3 aromatic carbocycles. The lowest BCUT2D eigenvalue weighted by Crippen LogP contribution is -2.17. The van der Waals surface area contributed by atoms with Crippen molar-refractivity contribution in [3.63, 3.8) is 0 Å². The molecule has 0 bridgehead atoms. The molecule has 0 aliphatic carbocycles. The molecule has 0 spiro atoms. The summed E-state index contributed by atoms with van der Waals surface area (Å²) < 4.78 is 1.78. The van der Waals surface area contributed by atoms with Crippen molar-refractivity contribution in [3.05, 3.63) is 108 Å². The summed E-state index contributed by atoms with van der Waals surface area (Å²) in [6.07, 6.45) is 0.312. The molecule has 5 aromatic rings. The Hall–Kier alpha value is -3.77. The lowest BCUT2D eigenvalue weighted by molar-refractivity contribution is -0.116. The van der Waals surface area contributed by atoms with Gasteiger partial charge in [0.15, 0.2) is 0 Å². The number of aromatic nitrogens is 3. The third-order valence-corrected chi connectivity index (χ3v) is 6.01. The molecule has 0 fully saturated rings. The van der Waals surface area contributed by atoms with Gasteiger partial charge in [0.05, 0.1) is 5.69 Å². The number of hydrogen-bond donors (Lipinski definition) is 1. The molecule has 5 nitrogen and oxygen atoms in total. The number of carbonyl (C=O) groups excluding carboxylic acids is 1. The van der Waals surface area contributed by atoms with Gasteiger partial charge >= 0.3 is 0 Å². The minimum Gasteiger partial charge on any atom is -0.293 e. The quantitative estimate of drug-likeness (QED) is 0.385. The van der Waals surface area contributed by atoms with Crippen LogP contribution < -0.4 is 5.32 Å². The van der Waals surface area contributed by atoms with Gasteiger partial charge in [-0.15, -0.1) is 16.4 Å². The molecule has 0 saturated carbocycles. The second-order valence-corrected chi connectivity index (χ2v) is 8.08. The highest BCUT2D eigenvalue weighted by Crippen LogP contribution is 2.29. The van der Waals surface area contributed by atoms with Gasteiger partial charge in [0.25, 0.3) is 0 Å². The molecule has 0 aliphatic heterocycles. The molecule has 0 atom stereocenters. The summed E-state index contributed by atoms with van der Waals surface area (Å²) in [6, 6.07) is 30.2. The summed E-state index contributed by atoms with van der Waals surface area (Å²) in [5, 5.41) is 9.44. The van der Waals surface area contributed by atoms with Crippen LogP contribution in [0.3, 0.4) is 0 Å². The average molecular weight is 425 g/mol. The van der Waals surface area contributed by atoms with E-state index < -0.39 is 0 Å². The Bertz CT molecular complexity index is 1260. The summed E-state index contributed by atoms with van der Waals surface area (Å²) in [7, 11) is 0. The van der Waals surface area contributed by atoms with E-state index in [1.807, 2.05) is 72.1 Å². The molecule has 6 heteroatoms. The van der Waals surface area contributed by atoms with E-state index >= 15 is 0 Å². The Balaban J connectivity index is 1.38. The molecular formula is C25H20N4OS. The molecule has 0 saturated heterocycles. The first-order chi connectivity index (χ1) is 15.3. The topological polar surface area (TPSA) is 59.3 Å². The summed E-state index contributed by atoms with van der Waals surface area (Å²) in [4.78, 5) is 18.2. The Morgan fingerprint density at radius 3 is 2.06 bits per heavy atom. The van der Waals surface area contributed by atoms with Crippen molar-refractivity contribution in [2.75, 3.05) is 5.32 Å². The number of nitrogens with zero attached hydrogens (tertiary/aromatic N) is 3. The predicted molar refractivity (Wildman–Crippen MR) is 124 cm³/mol. The minimum absolute atomic E-state index is 0.0361. The van der Waals surface area contributed by atoms with E-state index in [0.29, 0.717) is 12.4 Å². The fourth-order valence-electron chi connectivity index (χ4n) is 3.70. The Morgan fingerprint density at radius 2 is 1.45 bits per heavy atom. The van der Waals surface area contributed by atoms with Crippen molar-refractivity contribution in [2.24, 2.45) is 0 Å². The smallest absolute Gasteiger partial charge is 0.250 e. The van der Waals surface area contributed by atoms with Crippen LogP contribution in [0.4, 0.5) is 5.95 Å². The zero-order chi connectivity index (χ0) is 21.0. The number of fused-ring (bicyclic) bond motifs is 1. The summed E-state index contributed by atoms with van der Waals surface area (Å²) in [5.74, 6) is 0.178. The molecule has 5 rings (SSSR count). The molecule has 0 aliphatic rings. The maximum Gasteiger partial charge on any atom is 0.250 e. The fraction of sp³-hybridized carbons (Fsp3) is 0.0800. The van der Waals surface area contributed by atoms with Crippen LogP contribution in [0.5, 0.6) is 0 Å². The van der Waals surface area contributed by atoms with Crippen LogP contribution in [0, 0.1) is 0 Å². The van der Waals surface area contributed by atoms with Crippen LogP contribution in [-0.2, 0) is 4.79 Å². The van der Waals surface area contributed by atoms with Crippen molar-refractivity contribution in [1.82, 2.24) is 14.6 Å². The molecule has 1 amide bonds. The Kier molecular flexibility index (Phi) is 5.29. The van der Waals surface area contributed by atoms with Crippen molar-refractivity contribution in [1.29, 1.82) is 0 Å². The van der Waals surface area contributed by atoms with E-state index in [9.17, 15) is 4.79 Å². The normalized spacial score (nSPS) is 11.1. The van der Waals surface area contributed by atoms with Gasteiger partial charge in [0, 0.05) is 23.3 Å². The van der Waals surface area contributed by atoms with Gasteiger partial charge in [0.1, 0.15) is 0 Å². The molecule has 31 heavy (non-hydrogen) atoms. The highest BCUT2D eigenvalue weighted by Gasteiger charge is 2.20. The number of amides is 1. The maximum absolute atomic E-state index is 12.9. The van der Waals surface area contributed by atoms with Gasteiger partial charge in [-0.3, -0.25) is 10.1 Å². The SMILES string of the molecule is O=C(CC(c1ccccc1)c1ccccc1)Nc1nc2scc(-c3ccccc3)n2n1. The van der Waals surface area contributed by atoms with Crippen LogP contribution in [0.15, 0.2) is 96.4 Å². The first-order valence-corrected chi connectivity index (χ1v) is 11.0. The summed E-state index contributed by atoms with van der Waals surface area (Å²) in [6.45, 7) is 0. The van der Waals surface area contributed by atoms with Crippen LogP contribution >= 0.6 is 11.3 Å². The molecule has 2 aromatic heterocycles. The number of rotatable bonds is 6. The number of benzene rings is 3. The number of anilines is 1. The van der Waals surface area contributed by atoms with Gasteiger partial charge < -0.3 is 0 Å². The van der Waals surface area contributed by atoms with Crippen molar-refractivity contribution in [3.8, 4) is 11.3 Å². The van der Waals surface area contributed by atoms with Gasteiger partial charge in [-0.25, -0.2) is 4.52 Å². The molecule has 152 valence electrons. The van der Waals surface area contributed by atoms with Crippen LogP contribution in [0.25, 0.3) is 16.2 Å². The molecular weight excluding hydrogens is 404 g/mol. The van der Waals surface area contributed by atoms with E-state index in [1.165, 1.54) is 11.3 Å². The lowest BCUT2D eigenvalue weighted by Gasteiger charge is -2.17. The summed E-state index contributed by atoms with van der Waals surface area (Å²) >= 11 is 1.50. The van der Waals surface area contributed by atoms with E-state index in [4.69, 9.17) is 0 Å². The predicted octanol–water partition coefficient (Wildman–Crippen LogP) is 5.62. The second-order valence-electron chi connectivity index (χ2n) is 7.24. The maximum atomic E-state index is 12.9. The molecule has 2 heterocycles. The minimum atomic E-state index is -0.114. The van der Waals surface area contributed by atoms with Crippen molar-refractivity contribution in [2.45, 2.75) is 12.3 Å². The summed E-state index contributed by atoms with van der Waals surface area (Å²) in [5.41, 5.74) is 4.23. The van der Waals surface area contributed by atoms with E-state index in [2.05, 4.69) is 39.7 Å². The number of thiazole rings is 1. The largest absolute Gasteiger partial charge is 0.293 e. The van der Waals surface area contributed by atoms with Gasteiger partial charge in [-0.05, 0) is 11.1 Å². The van der Waals surface area contributed by atoms with Crippen LogP contribution in [0.2, 0.25) is 0 Å². The monoisotopic (exact) mass is 424 g/mol. The molecule has 0 radical (unpaired) electrons. The first-order valence-electron chi connectivity index (χ1n) is 10.1. The number of carbonyl (C=O) groups is 1.